The quantitative estimate of drug-likeness (QED) is 0.391. The van der Waals surface area contributed by atoms with Crippen LogP contribution in [0.2, 0.25) is 0 Å². The second kappa shape index (κ2) is 8.83. The van der Waals surface area contributed by atoms with E-state index in [0.29, 0.717) is 46.1 Å². The van der Waals surface area contributed by atoms with E-state index >= 15 is 0 Å². The largest absolute Gasteiger partial charge is 0.496 e. The first kappa shape index (κ1) is 20.3. The number of fused-ring (bicyclic) bond motifs is 1. The molecule has 31 heavy (non-hydrogen) atoms. The molecule has 1 heterocycles. The summed E-state index contributed by atoms with van der Waals surface area (Å²) in [4.78, 5) is 12.3. The standard InChI is InChI=1S/C25H22O6/c1-27-18-12-22(29-3)25-19(14-24(26)31-23(25)13-18)17-9-10-20(21(11-17)28-2)30-15-16-7-5-4-6-8-16/h4-14H,15H2,1-3H3. The highest BCUT2D eigenvalue weighted by Gasteiger charge is 2.16. The molecule has 0 fully saturated rings. The van der Waals surface area contributed by atoms with Crippen molar-refractivity contribution in [3.63, 3.8) is 0 Å². The van der Waals surface area contributed by atoms with Crippen molar-refractivity contribution in [3.05, 3.63) is 82.7 Å². The van der Waals surface area contributed by atoms with Gasteiger partial charge in [-0.3, -0.25) is 0 Å². The fourth-order valence-corrected chi connectivity index (χ4v) is 3.44. The lowest BCUT2D eigenvalue weighted by molar-refractivity contribution is 0.284. The van der Waals surface area contributed by atoms with Crippen LogP contribution in [-0.2, 0) is 6.61 Å². The maximum atomic E-state index is 12.3. The van der Waals surface area contributed by atoms with E-state index in [1.165, 1.54) is 6.07 Å². The maximum Gasteiger partial charge on any atom is 0.336 e. The molecule has 158 valence electrons. The lowest BCUT2D eigenvalue weighted by atomic mass is 10.0. The molecule has 0 bridgehead atoms. The van der Waals surface area contributed by atoms with Crippen LogP contribution in [-0.4, -0.2) is 21.3 Å². The van der Waals surface area contributed by atoms with Crippen LogP contribution in [0.25, 0.3) is 22.1 Å². The van der Waals surface area contributed by atoms with Gasteiger partial charge < -0.3 is 23.4 Å². The van der Waals surface area contributed by atoms with Crippen LogP contribution in [0.5, 0.6) is 23.0 Å². The van der Waals surface area contributed by atoms with Crippen LogP contribution in [0.3, 0.4) is 0 Å². The summed E-state index contributed by atoms with van der Waals surface area (Å²) in [5, 5.41) is 0.669. The van der Waals surface area contributed by atoms with Crippen molar-refractivity contribution in [3.8, 4) is 34.1 Å². The smallest absolute Gasteiger partial charge is 0.336 e. The van der Waals surface area contributed by atoms with E-state index in [9.17, 15) is 4.79 Å². The molecule has 0 aliphatic carbocycles. The van der Waals surface area contributed by atoms with Crippen LogP contribution in [0.4, 0.5) is 0 Å². The Balaban J connectivity index is 1.78. The van der Waals surface area contributed by atoms with Gasteiger partial charge in [0.2, 0.25) is 0 Å². The minimum Gasteiger partial charge on any atom is -0.496 e. The fraction of sp³-hybridized carbons (Fsp3) is 0.160. The zero-order chi connectivity index (χ0) is 21.8. The van der Waals surface area contributed by atoms with E-state index in [-0.39, 0.29) is 0 Å². The van der Waals surface area contributed by atoms with Gasteiger partial charge in [-0.05, 0) is 23.3 Å². The maximum absolute atomic E-state index is 12.3. The monoisotopic (exact) mass is 418 g/mol. The first-order chi connectivity index (χ1) is 15.1. The Kier molecular flexibility index (Phi) is 5.80. The number of methoxy groups -OCH3 is 3. The minimum atomic E-state index is -0.471. The molecule has 0 unspecified atom stereocenters. The molecule has 0 radical (unpaired) electrons. The number of ether oxygens (including phenoxy) is 4. The summed E-state index contributed by atoms with van der Waals surface area (Å²) in [6.07, 6.45) is 0. The van der Waals surface area contributed by atoms with Gasteiger partial charge >= 0.3 is 5.63 Å². The third-order valence-electron chi connectivity index (χ3n) is 4.95. The number of rotatable bonds is 7. The van der Waals surface area contributed by atoms with E-state index in [2.05, 4.69) is 0 Å². The van der Waals surface area contributed by atoms with Gasteiger partial charge in [0.15, 0.2) is 11.5 Å². The molecule has 0 atom stereocenters. The average Bonchev–Trinajstić information content (AvgIpc) is 2.81. The Morgan fingerprint density at radius 3 is 2.26 bits per heavy atom. The van der Waals surface area contributed by atoms with Gasteiger partial charge in [-0.15, -0.1) is 0 Å². The highest BCUT2D eigenvalue weighted by atomic mass is 16.5. The lowest BCUT2D eigenvalue weighted by Crippen LogP contribution is -2.01. The van der Waals surface area contributed by atoms with Crippen molar-refractivity contribution in [1.82, 2.24) is 0 Å². The average molecular weight is 418 g/mol. The topological polar surface area (TPSA) is 67.1 Å². The third-order valence-corrected chi connectivity index (χ3v) is 4.95. The van der Waals surface area contributed by atoms with Crippen LogP contribution < -0.4 is 24.6 Å². The first-order valence-electron chi connectivity index (χ1n) is 9.68. The van der Waals surface area contributed by atoms with Crippen molar-refractivity contribution in [2.75, 3.05) is 21.3 Å². The van der Waals surface area contributed by atoms with E-state index in [1.807, 2.05) is 48.5 Å². The van der Waals surface area contributed by atoms with Gasteiger partial charge in [0, 0.05) is 23.8 Å². The molecule has 3 aromatic carbocycles. The highest BCUT2D eigenvalue weighted by molar-refractivity contribution is 5.98. The SMILES string of the molecule is COc1cc(OC)c2c(-c3ccc(OCc4ccccc4)c(OC)c3)cc(=O)oc2c1. The first-order valence-corrected chi connectivity index (χ1v) is 9.68. The molecule has 0 spiro atoms. The molecule has 6 nitrogen and oxygen atoms in total. The second-order valence-electron chi connectivity index (χ2n) is 6.82. The molecule has 0 aliphatic rings. The van der Waals surface area contributed by atoms with Crippen LogP contribution in [0, 0.1) is 0 Å². The minimum absolute atomic E-state index is 0.377. The van der Waals surface area contributed by atoms with Gasteiger partial charge in [0.1, 0.15) is 23.7 Å². The van der Waals surface area contributed by atoms with E-state index in [0.717, 1.165) is 11.1 Å². The van der Waals surface area contributed by atoms with Crippen molar-refractivity contribution < 1.29 is 23.4 Å². The predicted molar refractivity (Wildman–Crippen MR) is 118 cm³/mol. The number of hydrogen-bond acceptors (Lipinski definition) is 6. The highest BCUT2D eigenvalue weighted by Crippen LogP contribution is 2.40. The zero-order valence-electron chi connectivity index (χ0n) is 17.5. The van der Waals surface area contributed by atoms with E-state index in [4.69, 9.17) is 23.4 Å². The molecular formula is C25H22O6. The van der Waals surface area contributed by atoms with Crippen LogP contribution in [0.1, 0.15) is 5.56 Å². The summed E-state index contributed by atoms with van der Waals surface area (Å²) < 4.78 is 27.7. The van der Waals surface area contributed by atoms with Crippen molar-refractivity contribution in [2.24, 2.45) is 0 Å². The molecule has 0 N–H and O–H groups in total. The Hall–Kier alpha value is -3.93. The molecule has 0 amide bonds. The summed E-state index contributed by atoms with van der Waals surface area (Å²) in [5.41, 5.74) is 2.39. The molecule has 6 heteroatoms. The molecular weight excluding hydrogens is 396 g/mol. The zero-order valence-corrected chi connectivity index (χ0v) is 17.5. The Morgan fingerprint density at radius 1 is 0.774 bits per heavy atom. The molecule has 0 aliphatic heterocycles. The fourth-order valence-electron chi connectivity index (χ4n) is 3.44. The lowest BCUT2D eigenvalue weighted by Gasteiger charge is -2.14. The van der Waals surface area contributed by atoms with Gasteiger partial charge in [0.25, 0.3) is 0 Å². The molecule has 1 aromatic heterocycles. The summed E-state index contributed by atoms with van der Waals surface area (Å²) in [7, 11) is 4.68. The Labute approximate surface area is 179 Å². The summed E-state index contributed by atoms with van der Waals surface area (Å²) in [6.45, 7) is 0.419. The Bertz CT molecular complexity index is 1260. The van der Waals surface area contributed by atoms with Crippen molar-refractivity contribution in [1.29, 1.82) is 0 Å². The Morgan fingerprint density at radius 2 is 1.55 bits per heavy atom. The molecule has 0 saturated carbocycles. The van der Waals surface area contributed by atoms with Gasteiger partial charge in [-0.1, -0.05) is 36.4 Å². The number of hydrogen-bond donors (Lipinski definition) is 0. The van der Waals surface area contributed by atoms with Crippen molar-refractivity contribution in [2.45, 2.75) is 6.61 Å². The van der Waals surface area contributed by atoms with Gasteiger partial charge in [0.05, 0.1) is 26.7 Å². The molecule has 4 aromatic rings. The van der Waals surface area contributed by atoms with Gasteiger partial charge in [-0.25, -0.2) is 4.79 Å². The second-order valence-corrected chi connectivity index (χ2v) is 6.82. The third kappa shape index (κ3) is 4.19. The van der Waals surface area contributed by atoms with Gasteiger partial charge in [-0.2, -0.15) is 0 Å². The van der Waals surface area contributed by atoms with Crippen LogP contribution >= 0.6 is 0 Å². The predicted octanol–water partition coefficient (Wildman–Crippen LogP) is 5.06. The van der Waals surface area contributed by atoms with E-state index < -0.39 is 5.63 Å². The summed E-state index contributed by atoms with van der Waals surface area (Å²) in [5.74, 6) is 2.24. The summed E-state index contributed by atoms with van der Waals surface area (Å²) in [6, 6.07) is 20.3. The molecule has 0 saturated heterocycles. The number of benzene rings is 3. The summed E-state index contributed by atoms with van der Waals surface area (Å²) >= 11 is 0. The normalized spacial score (nSPS) is 10.7. The van der Waals surface area contributed by atoms with E-state index in [1.54, 1.807) is 33.5 Å². The molecule has 4 rings (SSSR count). The van der Waals surface area contributed by atoms with Crippen LogP contribution in [0.15, 0.2) is 75.9 Å². The van der Waals surface area contributed by atoms with Crippen molar-refractivity contribution >= 4 is 11.0 Å².